The number of hydrogen-bond acceptors (Lipinski definition) is 4. The van der Waals surface area contributed by atoms with Crippen molar-refractivity contribution in [3.63, 3.8) is 0 Å². The second-order valence-electron chi connectivity index (χ2n) is 4.27. The Balaban J connectivity index is -0.000000145. The van der Waals surface area contributed by atoms with Crippen molar-refractivity contribution in [3.8, 4) is 0 Å². The molecule has 6 nitrogen and oxygen atoms in total. The van der Waals surface area contributed by atoms with Crippen LogP contribution < -0.4 is 16.0 Å². The van der Waals surface area contributed by atoms with Gasteiger partial charge in [0.05, 0.1) is 13.2 Å². The third kappa shape index (κ3) is 21.2. The van der Waals surface area contributed by atoms with Crippen LogP contribution in [0.3, 0.4) is 0 Å². The van der Waals surface area contributed by atoms with Crippen LogP contribution in [0.5, 0.6) is 0 Å². The minimum Gasteiger partial charge on any atom is -0.378 e. The highest BCUT2D eigenvalue weighted by atomic mass is 16.5. The number of ether oxygens (including phenoxy) is 1. The standard InChI is InChI=1S/C13H27N3O3.C2H6.B.3H2/c1-3-4-7-15-12(17)5-6-13(18)16-9-11-19-10-8-14-2;1-2;;;;/h14H,3-11H2,1-2H3,(H,15,17)(H,16,18);1-2H3;;3*1H. The highest BCUT2D eigenvalue weighted by Gasteiger charge is 2.05. The van der Waals surface area contributed by atoms with E-state index in [9.17, 15) is 9.59 Å². The number of hydrogen-bond donors (Lipinski definition) is 3. The van der Waals surface area contributed by atoms with Crippen LogP contribution in [0.25, 0.3) is 0 Å². The number of unbranched alkanes of at least 4 members (excludes halogenated alkanes) is 1. The second kappa shape index (κ2) is 22.2. The van der Waals surface area contributed by atoms with Gasteiger partial charge in [0, 0.05) is 45.2 Å². The van der Waals surface area contributed by atoms with Crippen molar-refractivity contribution in [2.24, 2.45) is 0 Å². The van der Waals surface area contributed by atoms with Gasteiger partial charge in [-0.05, 0) is 13.5 Å². The normalized spacial score (nSPS) is 9.09. The highest BCUT2D eigenvalue weighted by molar-refractivity contribution is 5.83. The molecular formula is C15H39BN3O3. The van der Waals surface area contributed by atoms with E-state index < -0.39 is 0 Å². The van der Waals surface area contributed by atoms with Crippen molar-refractivity contribution in [1.29, 1.82) is 0 Å². The average Bonchev–Trinajstić information content (AvgIpc) is 2.51. The van der Waals surface area contributed by atoms with E-state index in [1.807, 2.05) is 20.9 Å². The Morgan fingerprint density at radius 3 is 1.95 bits per heavy atom. The average molecular weight is 320 g/mol. The van der Waals surface area contributed by atoms with Gasteiger partial charge in [0.1, 0.15) is 0 Å². The predicted molar refractivity (Wildman–Crippen MR) is 98.4 cm³/mol. The molecule has 0 aromatic carbocycles. The molecule has 0 fully saturated rings. The molecule has 0 aromatic rings. The van der Waals surface area contributed by atoms with Gasteiger partial charge in [-0.15, -0.1) is 0 Å². The first kappa shape index (κ1) is 25.9. The lowest BCUT2D eigenvalue weighted by molar-refractivity contribution is -0.126. The molecule has 22 heavy (non-hydrogen) atoms. The third-order valence-corrected chi connectivity index (χ3v) is 2.50. The first-order valence-corrected chi connectivity index (χ1v) is 7.96. The van der Waals surface area contributed by atoms with Crippen LogP contribution in [-0.4, -0.2) is 60.1 Å². The molecule has 0 unspecified atom stereocenters. The van der Waals surface area contributed by atoms with E-state index >= 15 is 0 Å². The van der Waals surface area contributed by atoms with Crippen LogP contribution in [0, 0.1) is 0 Å². The Morgan fingerprint density at radius 2 is 1.45 bits per heavy atom. The van der Waals surface area contributed by atoms with Crippen molar-refractivity contribution < 1.29 is 18.6 Å². The van der Waals surface area contributed by atoms with E-state index in [0.717, 1.165) is 19.4 Å². The van der Waals surface area contributed by atoms with Gasteiger partial charge in [-0.25, -0.2) is 0 Å². The van der Waals surface area contributed by atoms with Gasteiger partial charge in [0.25, 0.3) is 0 Å². The van der Waals surface area contributed by atoms with Crippen LogP contribution in [0.4, 0.5) is 0 Å². The molecule has 0 saturated heterocycles. The van der Waals surface area contributed by atoms with E-state index in [0.29, 0.717) is 26.3 Å². The maximum absolute atomic E-state index is 11.4. The van der Waals surface area contributed by atoms with E-state index in [4.69, 9.17) is 4.74 Å². The second-order valence-corrected chi connectivity index (χ2v) is 4.27. The lowest BCUT2D eigenvalue weighted by Gasteiger charge is -2.07. The number of likely N-dealkylation sites (N-methyl/N-ethyl adjacent to an activating group) is 1. The molecule has 2 amide bonds. The monoisotopic (exact) mass is 320 g/mol. The summed E-state index contributed by atoms with van der Waals surface area (Å²) in [5.74, 6) is -0.170. The molecule has 0 rings (SSSR count). The fraction of sp³-hybridized carbons (Fsp3) is 0.867. The Labute approximate surface area is 142 Å². The SMILES string of the molecule is CC.CCCCNC(=O)CCC(=O)NCCOCCNC.[B].[HH].[HH].[HH]. The summed E-state index contributed by atoms with van der Waals surface area (Å²) in [6, 6.07) is 0. The maximum atomic E-state index is 11.4. The first-order chi connectivity index (χ1) is 10.2. The van der Waals surface area contributed by atoms with Gasteiger partial charge in [-0.2, -0.15) is 0 Å². The smallest absolute Gasteiger partial charge is 0.220 e. The molecule has 0 aliphatic rings. The van der Waals surface area contributed by atoms with Crippen LogP contribution in [-0.2, 0) is 14.3 Å². The van der Waals surface area contributed by atoms with Crippen LogP contribution in [0.15, 0.2) is 0 Å². The third-order valence-electron chi connectivity index (χ3n) is 2.50. The summed E-state index contributed by atoms with van der Waals surface area (Å²) in [5.41, 5.74) is 0. The lowest BCUT2D eigenvalue weighted by atomic mass is 10.2. The van der Waals surface area contributed by atoms with E-state index in [2.05, 4.69) is 22.9 Å². The summed E-state index contributed by atoms with van der Waals surface area (Å²) in [5, 5.41) is 8.46. The molecule has 0 spiro atoms. The van der Waals surface area contributed by atoms with Crippen molar-refractivity contribution >= 4 is 20.2 Å². The van der Waals surface area contributed by atoms with E-state index in [-0.39, 0.29) is 37.3 Å². The molecule has 7 heteroatoms. The zero-order chi connectivity index (χ0) is 16.3. The first-order valence-electron chi connectivity index (χ1n) is 7.96. The minimum absolute atomic E-state index is 0. The van der Waals surface area contributed by atoms with Crippen molar-refractivity contribution in [2.75, 3.05) is 39.9 Å². The minimum atomic E-state index is -0.108. The van der Waals surface area contributed by atoms with Crippen LogP contribution in [0.2, 0.25) is 0 Å². The summed E-state index contributed by atoms with van der Waals surface area (Å²) >= 11 is 0. The largest absolute Gasteiger partial charge is 0.378 e. The molecule has 0 aliphatic heterocycles. The molecule has 0 aliphatic carbocycles. The molecule has 135 valence electrons. The summed E-state index contributed by atoms with van der Waals surface area (Å²) in [6.07, 6.45) is 2.50. The number of rotatable bonds is 12. The van der Waals surface area contributed by atoms with E-state index in [1.54, 1.807) is 0 Å². The zero-order valence-electron chi connectivity index (χ0n) is 14.7. The summed E-state index contributed by atoms with van der Waals surface area (Å²) < 4.78 is 5.26. The highest BCUT2D eigenvalue weighted by Crippen LogP contribution is 1.90. The molecule has 0 aromatic heterocycles. The van der Waals surface area contributed by atoms with Gasteiger partial charge >= 0.3 is 0 Å². The zero-order valence-corrected chi connectivity index (χ0v) is 14.7. The number of amides is 2. The van der Waals surface area contributed by atoms with Crippen LogP contribution >= 0.6 is 0 Å². The fourth-order valence-electron chi connectivity index (χ4n) is 1.35. The number of carbonyl (C=O) groups excluding carboxylic acids is 2. The van der Waals surface area contributed by atoms with Crippen molar-refractivity contribution in [1.82, 2.24) is 16.0 Å². The lowest BCUT2D eigenvalue weighted by Crippen LogP contribution is -2.30. The Kier molecular flexibility index (Phi) is 26.1. The predicted octanol–water partition coefficient (Wildman–Crippen LogP) is 1.42. The topological polar surface area (TPSA) is 79.5 Å². The Hall–Kier alpha value is -1.08. The number of nitrogens with one attached hydrogen (secondary N) is 3. The van der Waals surface area contributed by atoms with Gasteiger partial charge in [0.2, 0.25) is 11.8 Å². The molecular weight excluding hydrogens is 281 g/mol. The summed E-state index contributed by atoms with van der Waals surface area (Å²) in [4.78, 5) is 22.8. The molecule has 0 bridgehead atoms. The molecule has 3 radical (unpaired) electrons. The van der Waals surface area contributed by atoms with Crippen LogP contribution in [0.1, 0.15) is 50.7 Å². The van der Waals surface area contributed by atoms with Gasteiger partial charge in [0.15, 0.2) is 0 Å². The van der Waals surface area contributed by atoms with Gasteiger partial charge in [-0.3, -0.25) is 9.59 Å². The maximum Gasteiger partial charge on any atom is 0.220 e. The molecule has 0 saturated carbocycles. The Morgan fingerprint density at radius 1 is 0.955 bits per heavy atom. The fourth-order valence-corrected chi connectivity index (χ4v) is 1.35. The van der Waals surface area contributed by atoms with Gasteiger partial charge in [-0.1, -0.05) is 27.2 Å². The molecule has 3 N–H and O–H groups in total. The van der Waals surface area contributed by atoms with E-state index in [1.165, 1.54) is 0 Å². The molecule has 0 atom stereocenters. The molecule has 0 heterocycles. The van der Waals surface area contributed by atoms with Crippen molar-refractivity contribution in [2.45, 2.75) is 46.5 Å². The summed E-state index contributed by atoms with van der Waals surface area (Å²) in [7, 11) is 1.86. The summed E-state index contributed by atoms with van der Waals surface area (Å²) in [6.45, 7) is 9.17. The Bertz CT molecular complexity index is 267. The van der Waals surface area contributed by atoms with Crippen molar-refractivity contribution in [3.05, 3.63) is 0 Å². The van der Waals surface area contributed by atoms with Gasteiger partial charge < -0.3 is 20.7 Å². The number of carbonyl (C=O) groups is 2. The quantitative estimate of drug-likeness (QED) is 0.375.